The molecule has 5 unspecified atom stereocenters. The summed E-state index contributed by atoms with van der Waals surface area (Å²) in [4.78, 5) is 44.7. The highest BCUT2D eigenvalue weighted by molar-refractivity contribution is 6.03. The van der Waals surface area contributed by atoms with Crippen LogP contribution < -0.4 is 5.32 Å². The second-order valence-electron chi connectivity index (χ2n) is 15.2. The van der Waals surface area contributed by atoms with Crippen molar-refractivity contribution in [2.24, 2.45) is 57.7 Å². The zero-order chi connectivity index (χ0) is 29.9. The average molecular weight is 575 g/mol. The van der Waals surface area contributed by atoms with Gasteiger partial charge < -0.3 is 10.1 Å². The molecule has 6 nitrogen and oxygen atoms in total. The monoisotopic (exact) mass is 574 g/mol. The molecule has 42 heavy (non-hydrogen) atoms. The molecule has 4 fully saturated rings. The summed E-state index contributed by atoms with van der Waals surface area (Å²) in [6.45, 7) is 9.86. The lowest BCUT2D eigenvalue weighted by Crippen LogP contribution is -2.62. The Hall–Kier alpha value is -2.50. The number of carbonyl (C=O) groups is 3. The number of pyridine rings is 1. The van der Waals surface area contributed by atoms with Crippen molar-refractivity contribution < 1.29 is 19.1 Å². The van der Waals surface area contributed by atoms with Crippen molar-refractivity contribution in [3.63, 3.8) is 0 Å². The van der Waals surface area contributed by atoms with Gasteiger partial charge in [-0.25, -0.2) is 0 Å². The Kier molecular flexibility index (Phi) is 7.67. The molecule has 0 aromatic carbocycles. The van der Waals surface area contributed by atoms with Gasteiger partial charge in [0.25, 0.3) is 0 Å². The molecular formula is C36H50N2O4. The number of hydrogen-bond donors (Lipinski definition) is 1. The normalized spacial score (nSPS) is 42.6. The van der Waals surface area contributed by atoms with E-state index >= 15 is 0 Å². The van der Waals surface area contributed by atoms with Crippen LogP contribution in [0.15, 0.2) is 36.2 Å². The van der Waals surface area contributed by atoms with Crippen LogP contribution >= 0.6 is 0 Å². The lowest BCUT2D eigenvalue weighted by molar-refractivity contribution is -0.172. The van der Waals surface area contributed by atoms with Gasteiger partial charge in [0.1, 0.15) is 5.78 Å². The number of nitrogens with zero attached hydrogens (tertiary/aromatic N) is 1. The number of carbonyl (C=O) groups excluding carboxylic acids is 3. The zero-order valence-electron chi connectivity index (χ0n) is 26.3. The number of ether oxygens (including phenoxy) is 1. The quantitative estimate of drug-likeness (QED) is 0.252. The number of hydrogen-bond acceptors (Lipinski definition) is 5. The Morgan fingerprint density at radius 3 is 2.60 bits per heavy atom. The maximum atomic E-state index is 13.7. The number of rotatable bonds is 5. The summed E-state index contributed by atoms with van der Waals surface area (Å²) in [5, 5.41) is 3.10. The maximum absolute atomic E-state index is 13.7. The highest BCUT2D eigenvalue weighted by Gasteiger charge is 2.65. The molecule has 0 bridgehead atoms. The summed E-state index contributed by atoms with van der Waals surface area (Å²) < 4.78 is 5.45. The molecule has 4 saturated carbocycles. The molecule has 1 heterocycles. The molecule has 0 aliphatic heterocycles. The number of nitrogens with one attached hydrogen (secondary N) is 1. The number of allylic oxidation sites excluding steroid dienone is 2. The second kappa shape index (κ2) is 10.9. The zero-order valence-corrected chi connectivity index (χ0v) is 26.3. The van der Waals surface area contributed by atoms with E-state index in [1.165, 1.54) is 5.57 Å². The van der Waals surface area contributed by atoms with E-state index < -0.39 is 5.92 Å². The van der Waals surface area contributed by atoms with E-state index in [4.69, 9.17) is 4.74 Å². The molecule has 5 aliphatic rings. The van der Waals surface area contributed by atoms with Crippen molar-refractivity contribution in [1.82, 2.24) is 10.3 Å². The van der Waals surface area contributed by atoms with E-state index in [0.29, 0.717) is 43.1 Å². The van der Waals surface area contributed by atoms with Gasteiger partial charge in [-0.1, -0.05) is 45.4 Å². The van der Waals surface area contributed by atoms with Gasteiger partial charge in [0, 0.05) is 24.9 Å². The molecule has 1 N–H and O–H groups in total. The van der Waals surface area contributed by atoms with Crippen LogP contribution in [0.5, 0.6) is 0 Å². The van der Waals surface area contributed by atoms with Gasteiger partial charge >= 0.3 is 5.97 Å². The van der Waals surface area contributed by atoms with Crippen LogP contribution in [0, 0.1) is 57.7 Å². The smallest absolute Gasteiger partial charge is 0.312 e. The van der Waals surface area contributed by atoms with Gasteiger partial charge in [-0.2, -0.15) is 0 Å². The van der Waals surface area contributed by atoms with Crippen molar-refractivity contribution in [1.29, 1.82) is 0 Å². The molecule has 0 radical (unpaired) electrons. The summed E-state index contributed by atoms with van der Waals surface area (Å²) >= 11 is 0. The molecule has 1 amide bonds. The number of esters is 1. The summed E-state index contributed by atoms with van der Waals surface area (Å²) in [5.41, 5.74) is 2.28. The van der Waals surface area contributed by atoms with Crippen LogP contribution in [0.1, 0.15) is 91.0 Å². The number of amides is 1. The summed E-state index contributed by atoms with van der Waals surface area (Å²) in [7, 11) is 1.56. The van der Waals surface area contributed by atoms with Gasteiger partial charge in [-0.15, -0.1) is 0 Å². The lowest BCUT2D eigenvalue weighted by Gasteiger charge is -2.66. The minimum Gasteiger partial charge on any atom is -0.469 e. The van der Waals surface area contributed by atoms with Crippen LogP contribution in [0.25, 0.3) is 0 Å². The molecule has 6 heteroatoms. The fourth-order valence-electron chi connectivity index (χ4n) is 11.1. The Balaban J connectivity index is 1.26. The first-order valence-electron chi connectivity index (χ1n) is 16.5. The van der Waals surface area contributed by atoms with Crippen LogP contribution in [0.2, 0.25) is 0 Å². The van der Waals surface area contributed by atoms with E-state index in [0.717, 1.165) is 56.9 Å². The largest absolute Gasteiger partial charge is 0.469 e. The van der Waals surface area contributed by atoms with Crippen molar-refractivity contribution in [3.05, 3.63) is 41.7 Å². The van der Waals surface area contributed by atoms with Crippen molar-refractivity contribution in [2.75, 3.05) is 13.7 Å². The van der Waals surface area contributed by atoms with E-state index in [2.05, 4.69) is 44.1 Å². The maximum Gasteiger partial charge on any atom is 0.312 e. The van der Waals surface area contributed by atoms with E-state index in [9.17, 15) is 14.4 Å². The molecule has 10 atom stereocenters. The van der Waals surface area contributed by atoms with Gasteiger partial charge in [0.2, 0.25) is 5.91 Å². The third-order valence-corrected chi connectivity index (χ3v) is 13.3. The lowest BCUT2D eigenvalue weighted by atomic mass is 9.38. The van der Waals surface area contributed by atoms with E-state index in [1.54, 1.807) is 13.3 Å². The predicted molar refractivity (Wildman–Crippen MR) is 162 cm³/mol. The molecule has 5 aliphatic carbocycles. The molecule has 0 saturated heterocycles. The molecular weight excluding hydrogens is 524 g/mol. The average Bonchev–Trinajstić information content (AvgIpc) is 2.98. The van der Waals surface area contributed by atoms with Crippen LogP contribution in [0.3, 0.4) is 0 Å². The molecule has 1 aromatic heterocycles. The third-order valence-electron chi connectivity index (χ3n) is 13.3. The fraction of sp³-hybridized carbons (Fsp3) is 0.722. The highest BCUT2D eigenvalue weighted by Crippen LogP contribution is 2.70. The first-order valence-corrected chi connectivity index (χ1v) is 16.5. The Morgan fingerprint density at radius 2 is 1.86 bits per heavy atom. The van der Waals surface area contributed by atoms with Gasteiger partial charge in [-0.3, -0.25) is 19.4 Å². The first kappa shape index (κ1) is 29.6. The third kappa shape index (κ3) is 4.49. The first-order chi connectivity index (χ1) is 20.0. The number of fused-ring (bicyclic) bond motifs is 7. The minimum absolute atomic E-state index is 0.00121. The second-order valence-corrected chi connectivity index (χ2v) is 15.2. The minimum atomic E-state index is -0.583. The number of methoxy groups -OCH3 is 1. The van der Waals surface area contributed by atoms with Crippen molar-refractivity contribution in [3.8, 4) is 0 Å². The van der Waals surface area contributed by atoms with Crippen molar-refractivity contribution in [2.45, 2.75) is 91.9 Å². The molecule has 6 rings (SSSR count). The summed E-state index contributed by atoms with van der Waals surface area (Å²) in [6, 6.07) is 3.92. The van der Waals surface area contributed by atoms with Crippen LogP contribution in [-0.2, 0) is 25.5 Å². The summed E-state index contributed by atoms with van der Waals surface area (Å²) in [5.74, 6) is 1.42. The Morgan fingerprint density at radius 1 is 1.07 bits per heavy atom. The Bertz CT molecular complexity index is 1260. The van der Waals surface area contributed by atoms with Crippen LogP contribution in [-0.4, -0.2) is 36.3 Å². The molecule has 0 spiro atoms. The number of ketones is 1. The molecule has 228 valence electrons. The number of aromatic nitrogens is 1. The van der Waals surface area contributed by atoms with E-state index in [-0.39, 0.29) is 45.7 Å². The highest BCUT2D eigenvalue weighted by atomic mass is 16.5. The topological polar surface area (TPSA) is 85.4 Å². The molecule has 1 aromatic rings. The Labute approximate surface area is 251 Å². The van der Waals surface area contributed by atoms with Crippen molar-refractivity contribution >= 4 is 17.7 Å². The SMILES string of the molecule is COC(=O)[C@@]12CCC3C(=CCC4[C@@]3(C)CCC3[C@@H](C)C(=O)C(C(=O)NCCc5cccnc5)C[C@@]34C)C1C[C@@H](C)CC2. The van der Waals surface area contributed by atoms with E-state index in [1.807, 2.05) is 18.3 Å². The standard InChI is InChI=1S/C36H50N2O4/c1-22-10-15-36(33(41)42-5)16-12-28-25(29(36)19-22)8-9-30-34(28,3)14-11-27-23(2)31(39)26(20-35(27,30)4)32(40)38-18-13-24-7-6-17-37-21-24/h6-8,17,21-23,26-30H,9-16,18-20H2,1-5H3,(H,38,40)/t22-,23+,26?,27?,28?,29?,30?,34-,35-,36-/m0/s1. The van der Waals surface area contributed by atoms with Crippen LogP contribution in [0.4, 0.5) is 0 Å². The fourth-order valence-corrected chi connectivity index (χ4v) is 11.1. The van der Waals surface area contributed by atoms with Gasteiger partial charge in [0.05, 0.1) is 18.4 Å². The summed E-state index contributed by atoms with van der Waals surface area (Å²) in [6.07, 6.45) is 15.6. The predicted octanol–water partition coefficient (Wildman–Crippen LogP) is 6.34. The number of Topliss-reactive ketones (excluding diaryl/α,β-unsaturated/α-hetero) is 1. The van der Waals surface area contributed by atoms with Gasteiger partial charge in [-0.05, 0) is 116 Å². The van der Waals surface area contributed by atoms with Gasteiger partial charge in [0.15, 0.2) is 0 Å².